The van der Waals surface area contributed by atoms with Crippen molar-refractivity contribution in [3.63, 3.8) is 0 Å². The van der Waals surface area contributed by atoms with Gasteiger partial charge in [0.1, 0.15) is 5.75 Å². The Kier molecular flexibility index (Phi) is 9.73. The van der Waals surface area contributed by atoms with Crippen LogP contribution in [0.2, 0.25) is 0 Å². The molecule has 0 aliphatic heterocycles. The van der Waals surface area contributed by atoms with Gasteiger partial charge in [0, 0.05) is 0 Å². The number of nitrogens with zero attached hydrogens (tertiary/aromatic N) is 5. The van der Waals surface area contributed by atoms with E-state index >= 15 is 0 Å². The molecule has 2 amide bonds. The van der Waals surface area contributed by atoms with Crippen LogP contribution in [0.1, 0.15) is 23.9 Å². The van der Waals surface area contributed by atoms with Gasteiger partial charge in [0.05, 0.1) is 18.0 Å². The van der Waals surface area contributed by atoms with Crippen LogP contribution in [0.3, 0.4) is 0 Å². The molecule has 198 valence electrons. The van der Waals surface area contributed by atoms with Crippen molar-refractivity contribution in [3.05, 3.63) is 65.5 Å². The molecular weight excluding hydrogens is 543 g/mol. The number of thioether (sulfide) groups is 2. The van der Waals surface area contributed by atoms with Crippen LogP contribution in [-0.4, -0.2) is 54.9 Å². The van der Waals surface area contributed by atoms with Crippen LogP contribution in [0.5, 0.6) is 5.75 Å². The van der Waals surface area contributed by atoms with E-state index in [1.54, 1.807) is 23.9 Å². The van der Waals surface area contributed by atoms with Crippen molar-refractivity contribution in [2.75, 3.05) is 23.4 Å². The number of carbonyl (C=O) groups excluding carboxylic acids is 2. The minimum atomic E-state index is -0.282. The average molecular weight is 570 g/mol. The van der Waals surface area contributed by atoms with Crippen molar-refractivity contribution in [2.24, 2.45) is 0 Å². The number of anilines is 1. The lowest BCUT2D eigenvalue weighted by Gasteiger charge is -2.15. The first-order chi connectivity index (χ1) is 18.4. The van der Waals surface area contributed by atoms with E-state index in [1.165, 1.54) is 23.1 Å². The van der Waals surface area contributed by atoms with Gasteiger partial charge in [-0.25, -0.2) is 0 Å². The molecule has 0 atom stereocenters. The Morgan fingerprint density at radius 2 is 1.79 bits per heavy atom. The Bertz CT molecular complexity index is 1390. The Morgan fingerprint density at radius 1 is 0.974 bits per heavy atom. The molecule has 0 fully saturated rings. The number of para-hydroxylation sites is 1. The zero-order valence-corrected chi connectivity index (χ0v) is 23.6. The number of nitrogens with one attached hydrogen (secondary N) is 2. The first kappa shape index (κ1) is 27.6. The van der Waals surface area contributed by atoms with E-state index in [1.807, 2.05) is 61.7 Å². The number of aromatic nitrogens is 5. The predicted octanol–water partition coefficient (Wildman–Crippen LogP) is 4.27. The second-order valence-corrected chi connectivity index (χ2v) is 11.4. The van der Waals surface area contributed by atoms with E-state index in [0.29, 0.717) is 21.9 Å². The summed E-state index contributed by atoms with van der Waals surface area (Å²) >= 11 is 4.17. The average Bonchev–Trinajstić information content (AvgIpc) is 3.54. The van der Waals surface area contributed by atoms with Gasteiger partial charge in [-0.1, -0.05) is 72.1 Å². The molecule has 2 N–H and O–H groups in total. The summed E-state index contributed by atoms with van der Waals surface area (Å²) in [4.78, 5) is 25.0. The number of hydrogen-bond acceptors (Lipinski definition) is 10. The van der Waals surface area contributed by atoms with Crippen molar-refractivity contribution in [2.45, 2.75) is 36.8 Å². The third-order valence-corrected chi connectivity index (χ3v) is 8.11. The molecule has 0 saturated heterocycles. The van der Waals surface area contributed by atoms with E-state index in [9.17, 15) is 9.59 Å². The van der Waals surface area contributed by atoms with Gasteiger partial charge in [0.15, 0.2) is 21.9 Å². The minimum absolute atomic E-state index is 0.107. The molecule has 0 unspecified atom stereocenters. The van der Waals surface area contributed by atoms with Gasteiger partial charge in [-0.15, -0.1) is 20.4 Å². The molecule has 0 bridgehead atoms. The van der Waals surface area contributed by atoms with Crippen molar-refractivity contribution >= 4 is 51.8 Å². The second-order valence-electron chi connectivity index (χ2n) is 7.97. The highest BCUT2D eigenvalue weighted by Crippen LogP contribution is 2.27. The fourth-order valence-corrected chi connectivity index (χ4v) is 5.78. The molecule has 0 radical (unpaired) electrons. The quantitative estimate of drug-likeness (QED) is 0.190. The van der Waals surface area contributed by atoms with Crippen LogP contribution in [0.4, 0.5) is 5.13 Å². The number of benzene rings is 2. The molecule has 10 nitrogen and oxygen atoms in total. The van der Waals surface area contributed by atoms with Gasteiger partial charge < -0.3 is 10.1 Å². The van der Waals surface area contributed by atoms with E-state index in [2.05, 4.69) is 31.0 Å². The number of aryl methyl sites for hydroxylation is 1. The number of amides is 2. The lowest BCUT2D eigenvalue weighted by atomic mass is 10.1. The first-order valence-corrected chi connectivity index (χ1v) is 14.6. The molecule has 4 rings (SSSR count). The van der Waals surface area contributed by atoms with Crippen LogP contribution >= 0.6 is 34.9 Å². The SMILES string of the molecule is CCSc1nnc(NC(=O)CSc2nnc(CNC(=O)COc3ccccc3)n2-c2cccc(C)c2C)s1. The lowest BCUT2D eigenvalue weighted by Crippen LogP contribution is -2.29. The summed E-state index contributed by atoms with van der Waals surface area (Å²) in [5.41, 5.74) is 3.04. The molecule has 2 heterocycles. The smallest absolute Gasteiger partial charge is 0.258 e. The van der Waals surface area contributed by atoms with Crippen LogP contribution in [0, 0.1) is 13.8 Å². The third-order valence-electron chi connectivity index (χ3n) is 5.33. The monoisotopic (exact) mass is 569 g/mol. The Labute approximate surface area is 233 Å². The van der Waals surface area contributed by atoms with Crippen molar-refractivity contribution < 1.29 is 14.3 Å². The summed E-state index contributed by atoms with van der Waals surface area (Å²) in [5, 5.41) is 23.4. The summed E-state index contributed by atoms with van der Waals surface area (Å²) < 4.78 is 8.21. The zero-order chi connectivity index (χ0) is 26.9. The van der Waals surface area contributed by atoms with E-state index in [4.69, 9.17) is 4.74 Å². The first-order valence-electron chi connectivity index (χ1n) is 11.8. The molecule has 0 saturated carbocycles. The van der Waals surface area contributed by atoms with Crippen molar-refractivity contribution in [1.29, 1.82) is 0 Å². The maximum absolute atomic E-state index is 12.6. The van der Waals surface area contributed by atoms with Crippen LogP contribution in [-0.2, 0) is 16.1 Å². The summed E-state index contributed by atoms with van der Waals surface area (Å²) in [7, 11) is 0. The molecular formula is C25H27N7O3S3. The third kappa shape index (κ3) is 7.33. The molecule has 38 heavy (non-hydrogen) atoms. The van der Waals surface area contributed by atoms with Gasteiger partial charge in [-0.05, 0) is 48.9 Å². The fourth-order valence-electron chi connectivity index (χ4n) is 3.35. The standard InChI is InChI=1S/C25H27N7O3S3/c1-4-36-25-31-29-23(38-25)27-22(34)15-37-24-30-28-20(32(24)19-12-8-9-16(2)17(19)3)13-26-21(33)14-35-18-10-6-5-7-11-18/h5-12H,4,13-15H2,1-3H3,(H,26,33)(H,27,29,34). The lowest BCUT2D eigenvalue weighted by molar-refractivity contribution is -0.123. The second kappa shape index (κ2) is 13.4. The molecule has 0 aliphatic carbocycles. The van der Waals surface area contributed by atoms with Gasteiger partial charge in [-0.2, -0.15) is 0 Å². The molecule has 0 spiro atoms. The van der Waals surface area contributed by atoms with Gasteiger partial charge in [-0.3, -0.25) is 19.5 Å². The van der Waals surface area contributed by atoms with Crippen LogP contribution in [0.15, 0.2) is 58.0 Å². The Balaban J connectivity index is 1.44. The highest BCUT2D eigenvalue weighted by atomic mass is 32.2. The topological polar surface area (TPSA) is 124 Å². The number of hydrogen-bond donors (Lipinski definition) is 2. The summed E-state index contributed by atoms with van der Waals surface area (Å²) in [6, 6.07) is 15.1. The van der Waals surface area contributed by atoms with E-state index in [-0.39, 0.29) is 30.7 Å². The Hall–Kier alpha value is -3.42. The number of ether oxygens (including phenoxy) is 1. The van der Waals surface area contributed by atoms with Crippen LogP contribution < -0.4 is 15.4 Å². The van der Waals surface area contributed by atoms with Crippen LogP contribution in [0.25, 0.3) is 5.69 Å². The minimum Gasteiger partial charge on any atom is -0.484 e. The molecule has 13 heteroatoms. The van der Waals surface area contributed by atoms with E-state index in [0.717, 1.165) is 26.9 Å². The Morgan fingerprint density at radius 3 is 2.58 bits per heavy atom. The highest BCUT2D eigenvalue weighted by molar-refractivity contribution is 8.01. The molecule has 0 aliphatic rings. The summed E-state index contributed by atoms with van der Waals surface area (Å²) in [6.45, 7) is 6.10. The van der Waals surface area contributed by atoms with Crippen molar-refractivity contribution in [1.82, 2.24) is 30.3 Å². The highest BCUT2D eigenvalue weighted by Gasteiger charge is 2.19. The largest absolute Gasteiger partial charge is 0.484 e. The van der Waals surface area contributed by atoms with Crippen molar-refractivity contribution in [3.8, 4) is 11.4 Å². The maximum Gasteiger partial charge on any atom is 0.258 e. The fraction of sp³-hybridized carbons (Fsp3) is 0.280. The predicted molar refractivity (Wildman–Crippen MR) is 150 cm³/mol. The summed E-state index contributed by atoms with van der Waals surface area (Å²) in [6.07, 6.45) is 0. The number of rotatable bonds is 12. The summed E-state index contributed by atoms with van der Waals surface area (Å²) in [5.74, 6) is 1.65. The molecule has 2 aromatic carbocycles. The molecule has 4 aromatic rings. The molecule has 2 aromatic heterocycles. The van der Waals surface area contributed by atoms with Gasteiger partial charge >= 0.3 is 0 Å². The zero-order valence-electron chi connectivity index (χ0n) is 21.1. The maximum atomic E-state index is 12.6. The van der Waals surface area contributed by atoms with Gasteiger partial charge in [0.2, 0.25) is 11.0 Å². The number of carbonyl (C=O) groups is 2. The van der Waals surface area contributed by atoms with Gasteiger partial charge in [0.25, 0.3) is 5.91 Å². The van der Waals surface area contributed by atoms with E-state index < -0.39 is 0 Å². The normalized spacial score (nSPS) is 10.8.